The van der Waals surface area contributed by atoms with Crippen molar-refractivity contribution in [1.29, 1.82) is 0 Å². The maximum Gasteiger partial charge on any atom is 0.394 e. The minimum atomic E-state index is -3.75. The van der Waals surface area contributed by atoms with Crippen LogP contribution in [0.25, 0.3) is 0 Å². The molecule has 2 saturated heterocycles. The van der Waals surface area contributed by atoms with Crippen LogP contribution < -0.4 is 0 Å². The van der Waals surface area contributed by atoms with Crippen molar-refractivity contribution in [3.8, 4) is 0 Å². The van der Waals surface area contributed by atoms with Crippen molar-refractivity contribution in [2.24, 2.45) is 11.8 Å². The number of aliphatic hydroxyl groups is 1. The Morgan fingerprint density at radius 2 is 1.74 bits per heavy atom. The molecule has 2 heterocycles. The van der Waals surface area contributed by atoms with Gasteiger partial charge in [0.15, 0.2) is 0 Å². The van der Waals surface area contributed by atoms with Gasteiger partial charge in [0.1, 0.15) is 18.3 Å². The predicted molar refractivity (Wildman–Crippen MR) is 83.8 cm³/mol. The van der Waals surface area contributed by atoms with E-state index in [1.807, 2.05) is 41.5 Å². The average molecular weight is 346 g/mol. The largest absolute Gasteiger partial charge is 0.459 e. The van der Waals surface area contributed by atoms with Crippen LogP contribution in [0.15, 0.2) is 0 Å². The highest BCUT2D eigenvalue weighted by Gasteiger charge is 2.74. The van der Waals surface area contributed by atoms with Gasteiger partial charge in [0.2, 0.25) is 0 Å². The number of carbonyl (C=O) groups is 1. The van der Waals surface area contributed by atoms with Crippen molar-refractivity contribution in [1.82, 2.24) is 0 Å². The molecule has 6 atom stereocenters. The van der Waals surface area contributed by atoms with Crippen LogP contribution in [0.4, 0.5) is 4.11 Å². The second-order valence-corrected chi connectivity index (χ2v) is 13.4. The smallest absolute Gasteiger partial charge is 0.394 e. The Hall–Kier alpha value is -0.503. The molecule has 7 heteroatoms. The molecular formula is C16H27FO5Si. The molecule has 1 aliphatic carbocycles. The lowest BCUT2D eigenvalue weighted by atomic mass is 10.0. The van der Waals surface area contributed by atoms with E-state index in [9.17, 15) is 9.90 Å². The fraction of sp³-hybridized carbons (Fsp3) is 0.938. The monoisotopic (exact) mass is 346 g/mol. The summed E-state index contributed by atoms with van der Waals surface area (Å²) in [4.78, 5) is 11.8. The van der Waals surface area contributed by atoms with Crippen LogP contribution in [0, 0.1) is 11.8 Å². The number of halogens is 1. The number of rotatable bonds is 3. The molecule has 0 aromatic rings. The van der Waals surface area contributed by atoms with Crippen molar-refractivity contribution in [2.45, 2.75) is 76.0 Å². The minimum absolute atomic E-state index is 0.0477. The molecule has 0 amide bonds. The summed E-state index contributed by atoms with van der Waals surface area (Å²) in [5, 5.41) is 8.32. The number of aliphatic hydroxyl groups excluding tert-OH is 1. The van der Waals surface area contributed by atoms with Crippen LogP contribution in [-0.4, -0.2) is 50.7 Å². The summed E-state index contributed by atoms with van der Waals surface area (Å²) in [6, 6.07) is 0. The zero-order chi connectivity index (χ0) is 17.4. The van der Waals surface area contributed by atoms with Crippen LogP contribution in [-0.2, 0) is 18.7 Å². The van der Waals surface area contributed by atoms with E-state index in [0.717, 1.165) is 0 Å². The summed E-state index contributed by atoms with van der Waals surface area (Å²) >= 11 is 0. The Morgan fingerprint density at radius 1 is 1.17 bits per heavy atom. The van der Waals surface area contributed by atoms with Crippen LogP contribution >= 0.6 is 0 Å². The first-order valence-electron chi connectivity index (χ1n) is 8.26. The van der Waals surface area contributed by atoms with E-state index in [4.69, 9.17) is 13.9 Å². The van der Waals surface area contributed by atoms with Gasteiger partial charge in [0.25, 0.3) is 0 Å². The van der Waals surface area contributed by atoms with Gasteiger partial charge in [0, 0.05) is 16.0 Å². The summed E-state index contributed by atoms with van der Waals surface area (Å²) < 4.78 is 33.4. The lowest BCUT2D eigenvalue weighted by Gasteiger charge is -2.48. The molecule has 132 valence electrons. The maximum absolute atomic E-state index is 16.1. The molecule has 2 aliphatic heterocycles. The van der Waals surface area contributed by atoms with Crippen molar-refractivity contribution < 1.29 is 27.9 Å². The number of hydrogen-bond donors (Lipinski definition) is 1. The third kappa shape index (κ3) is 2.39. The van der Waals surface area contributed by atoms with Gasteiger partial charge < -0.3 is 19.0 Å². The lowest BCUT2D eigenvalue weighted by Crippen LogP contribution is -2.60. The first-order chi connectivity index (χ1) is 10.4. The number of carbonyl (C=O) groups excluding carboxylic acids is 1. The van der Waals surface area contributed by atoms with Gasteiger partial charge in [-0.3, -0.25) is 8.90 Å². The molecule has 0 spiro atoms. The van der Waals surface area contributed by atoms with E-state index < -0.39 is 37.0 Å². The topological polar surface area (TPSA) is 65.0 Å². The normalized spacial score (nSPS) is 39.9. The van der Waals surface area contributed by atoms with E-state index in [2.05, 4.69) is 0 Å². The quantitative estimate of drug-likeness (QED) is 0.483. The van der Waals surface area contributed by atoms with E-state index in [0.29, 0.717) is 0 Å². The minimum Gasteiger partial charge on any atom is -0.459 e. The molecule has 0 unspecified atom stereocenters. The molecule has 3 aliphatic rings. The SMILES string of the molecule is CC(C)(C)[Si](F)(O[C@H]1[C@@H]2OC(=O)[C@H]3[C@H](O[C@@H]1CO)[C@H]23)C(C)(C)C. The lowest BCUT2D eigenvalue weighted by molar-refractivity contribution is -0.185. The summed E-state index contributed by atoms with van der Waals surface area (Å²) in [5.74, 6) is -0.594. The molecule has 1 N–H and O–H groups in total. The Balaban J connectivity index is 1.90. The summed E-state index contributed by atoms with van der Waals surface area (Å²) in [6.07, 6.45) is -2.09. The van der Waals surface area contributed by atoms with Crippen molar-refractivity contribution in [2.75, 3.05) is 6.61 Å². The zero-order valence-electron chi connectivity index (χ0n) is 14.6. The van der Waals surface area contributed by atoms with E-state index in [1.54, 1.807) is 0 Å². The van der Waals surface area contributed by atoms with Crippen molar-refractivity contribution in [3.05, 3.63) is 0 Å². The fourth-order valence-corrected chi connectivity index (χ4v) is 7.81. The first-order valence-corrected chi connectivity index (χ1v) is 10.0. The Labute approximate surface area is 137 Å². The Bertz CT molecular complexity index is 498. The Kier molecular flexibility index (Phi) is 3.77. The molecule has 1 saturated carbocycles. The van der Waals surface area contributed by atoms with Gasteiger partial charge >= 0.3 is 14.6 Å². The standard InChI is InChI=1S/C16H27FO5Si/c1-15(2,3)23(17,16(4,5)6)22-11-8(7-18)20-12-9-10(12)14(19)21-13(9)11/h8-13,18H,7H2,1-6H3/t8-,9-,10-,11-,12-,13-/m1/s1. The highest BCUT2D eigenvalue weighted by molar-refractivity contribution is 6.72. The van der Waals surface area contributed by atoms with Gasteiger partial charge in [-0.1, -0.05) is 41.5 Å². The number of hydrogen-bond acceptors (Lipinski definition) is 5. The van der Waals surface area contributed by atoms with Crippen LogP contribution in [0.2, 0.25) is 10.1 Å². The van der Waals surface area contributed by atoms with Crippen molar-refractivity contribution >= 4 is 14.6 Å². The number of fused-ring (bicyclic) bond motifs is 1. The van der Waals surface area contributed by atoms with E-state index >= 15 is 4.11 Å². The van der Waals surface area contributed by atoms with Gasteiger partial charge in [0.05, 0.1) is 18.6 Å². The third-order valence-electron chi connectivity index (χ3n) is 5.34. The molecule has 5 nitrogen and oxygen atoms in total. The summed E-state index contributed by atoms with van der Waals surface area (Å²) in [5.41, 5.74) is 0. The predicted octanol–water partition coefficient (Wildman–Crippen LogP) is 2.31. The number of ether oxygens (including phenoxy) is 2. The summed E-state index contributed by atoms with van der Waals surface area (Å²) in [6.45, 7) is 10.8. The molecule has 0 aromatic carbocycles. The zero-order valence-corrected chi connectivity index (χ0v) is 15.6. The highest BCUT2D eigenvalue weighted by Crippen LogP contribution is 2.59. The average Bonchev–Trinajstić information content (AvgIpc) is 3.01. The fourth-order valence-electron chi connectivity index (χ4n) is 4.19. The summed E-state index contributed by atoms with van der Waals surface area (Å²) in [7, 11) is -3.75. The Morgan fingerprint density at radius 3 is 2.22 bits per heavy atom. The van der Waals surface area contributed by atoms with Crippen LogP contribution in [0.1, 0.15) is 41.5 Å². The molecule has 23 heavy (non-hydrogen) atoms. The van der Waals surface area contributed by atoms with Gasteiger partial charge in [-0.25, -0.2) is 0 Å². The van der Waals surface area contributed by atoms with Gasteiger partial charge in [-0.05, 0) is 0 Å². The molecule has 3 fully saturated rings. The van der Waals surface area contributed by atoms with Crippen molar-refractivity contribution in [3.63, 3.8) is 0 Å². The molecule has 3 rings (SSSR count). The maximum atomic E-state index is 16.1. The molecular weight excluding hydrogens is 319 g/mol. The second kappa shape index (κ2) is 5.00. The third-order valence-corrected chi connectivity index (χ3v) is 9.80. The van der Waals surface area contributed by atoms with Gasteiger partial charge in [-0.15, -0.1) is 0 Å². The molecule has 0 aromatic heterocycles. The van der Waals surface area contributed by atoms with Crippen LogP contribution in [0.5, 0.6) is 0 Å². The van der Waals surface area contributed by atoms with Gasteiger partial charge in [-0.2, -0.15) is 0 Å². The molecule has 0 radical (unpaired) electrons. The highest BCUT2D eigenvalue weighted by atomic mass is 28.4. The second-order valence-electron chi connectivity index (χ2n) is 9.00. The van der Waals surface area contributed by atoms with Crippen LogP contribution in [0.3, 0.4) is 0 Å². The van der Waals surface area contributed by atoms with E-state index in [1.165, 1.54) is 0 Å². The first kappa shape index (κ1) is 17.3. The van der Waals surface area contributed by atoms with E-state index in [-0.39, 0.29) is 30.5 Å². The molecule has 0 bridgehead atoms. The number of esters is 1.